The molecular formula is C24H24N4O2. The van der Waals surface area contributed by atoms with Gasteiger partial charge in [0.05, 0.1) is 28.4 Å². The Balaban J connectivity index is 1.73. The van der Waals surface area contributed by atoms with Crippen LogP contribution in [0.2, 0.25) is 0 Å². The Hall–Kier alpha value is -3.25. The first-order chi connectivity index (χ1) is 14.5. The number of rotatable bonds is 3. The highest BCUT2D eigenvalue weighted by molar-refractivity contribution is 5.90. The molecule has 0 spiro atoms. The quantitative estimate of drug-likeness (QED) is 0.562. The van der Waals surface area contributed by atoms with Crippen LogP contribution in [-0.2, 0) is 0 Å². The summed E-state index contributed by atoms with van der Waals surface area (Å²) < 4.78 is 3.32. The highest BCUT2D eigenvalue weighted by Gasteiger charge is 2.37. The summed E-state index contributed by atoms with van der Waals surface area (Å²) in [5.74, 6) is 0. The first kappa shape index (κ1) is 18.8. The Kier molecular flexibility index (Phi) is 4.51. The van der Waals surface area contributed by atoms with Crippen LogP contribution in [0.5, 0.6) is 0 Å². The van der Waals surface area contributed by atoms with Crippen LogP contribution in [0.3, 0.4) is 0 Å². The van der Waals surface area contributed by atoms with Gasteiger partial charge in [0.25, 0.3) is 5.56 Å². The van der Waals surface area contributed by atoms with Gasteiger partial charge in [0.1, 0.15) is 5.69 Å². The summed E-state index contributed by atoms with van der Waals surface area (Å²) in [6.45, 7) is 1.81. The molecule has 5 rings (SSSR count). The molecule has 1 fully saturated rings. The number of aromatic nitrogens is 4. The molecule has 0 unspecified atom stereocenters. The predicted molar refractivity (Wildman–Crippen MR) is 116 cm³/mol. The standard InChI is InChI=1S/C24H24N4O2/c1-24(30)15-7-5-12-20(24)28-21(29)14-13-18(25-28)22-19-11-6-8-16-27(19)26-23(22)17-9-3-2-4-10-17/h2-4,6,8-11,13-14,16,20,30H,5,7,12,15H2,1H3/t20-,24-/m1/s1. The Morgan fingerprint density at radius 1 is 1.00 bits per heavy atom. The normalized spacial score (nSPS) is 21.7. The van der Waals surface area contributed by atoms with Gasteiger partial charge < -0.3 is 5.11 Å². The Labute approximate surface area is 174 Å². The van der Waals surface area contributed by atoms with Crippen LogP contribution >= 0.6 is 0 Å². The monoisotopic (exact) mass is 400 g/mol. The van der Waals surface area contributed by atoms with Crippen molar-refractivity contribution in [2.24, 2.45) is 0 Å². The van der Waals surface area contributed by atoms with Crippen molar-refractivity contribution in [3.8, 4) is 22.5 Å². The fourth-order valence-corrected chi connectivity index (χ4v) is 4.52. The van der Waals surface area contributed by atoms with Gasteiger partial charge in [-0.2, -0.15) is 10.2 Å². The van der Waals surface area contributed by atoms with Crippen molar-refractivity contribution >= 4 is 5.52 Å². The van der Waals surface area contributed by atoms with Gasteiger partial charge in [-0.05, 0) is 38.0 Å². The lowest BCUT2D eigenvalue weighted by Gasteiger charge is -2.37. The summed E-state index contributed by atoms with van der Waals surface area (Å²) in [5, 5.41) is 20.5. The second-order valence-corrected chi connectivity index (χ2v) is 8.24. The van der Waals surface area contributed by atoms with Crippen LogP contribution in [0.15, 0.2) is 71.7 Å². The van der Waals surface area contributed by atoms with Crippen LogP contribution in [0.1, 0.15) is 38.6 Å². The number of hydrogen-bond acceptors (Lipinski definition) is 4. The van der Waals surface area contributed by atoms with E-state index < -0.39 is 5.60 Å². The zero-order valence-electron chi connectivity index (χ0n) is 16.9. The maximum Gasteiger partial charge on any atom is 0.267 e. The summed E-state index contributed by atoms with van der Waals surface area (Å²) in [4.78, 5) is 12.7. The van der Waals surface area contributed by atoms with Crippen molar-refractivity contribution in [3.63, 3.8) is 0 Å². The van der Waals surface area contributed by atoms with Gasteiger partial charge in [0.2, 0.25) is 0 Å². The number of aliphatic hydroxyl groups is 1. The summed E-state index contributed by atoms with van der Waals surface area (Å²) in [5.41, 5.74) is 3.14. The Morgan fingerprint density at radius 3 is 2.60 bits per heavy atom. The Bertz CT molecular complexity index is 1260. The minimum Gasteiger partial charge on any atom is -0.388 e. The van der Waals surface area contributed by atoms with Gasteiger partial charge >= 0.3 is 0 Å². The van der Waals surface area contributed by atoms with E-state index in [2.05, 4.69) is 0 Å². The molecular weight excluding hydrogens is 376 g/mol. The first-order valence-corrected chi connectivity index (χ1v) is 10.4. The van der Waals surface area contributed by atoms with Gasteiger partial charge in [-0.15, -0.1) is 0 Å². The molecule has 30 heavy (non-hydrogen) atoms. The van der Waals surface area contributed by atoms with Crippen molar-refractivity contribution < 1.29 is 5.11 Å². The zero-order chi connectivity index (χ0) is 20.7. The summed E-state index contributed by atoms with van der Waals surface area (Å²) in [7, 11) is 0. The minimum absolute atomic E-state index is 0.191. The number of nitrogens with zero attached hydrogens (tertiary/aromatic N) is 4. The van der Waals surface area contributed by atoms with E-state index in [0.29, 0.717) is 12.1 Å². The molecule has 1 N–H and O–H groups in total. The highest BCUT2D eigenvalue weighted by Crippen LogP contribution is 2.37. The molecule has 4 aromatic rings. The van der Waals surface area contributed by atoms with E-state index in [1.807, 2.05) is 66.2 Å². The predicted octanol–water partition coefficient (Wildman–Crippen LogP) is 4.09. The molecule has 1 aliphatic carbocycles. The second kappa shape index (κ2) is 7.22. The topological polar surface area (TPSA) is 72.4 Å². The molecule has 2 atom stereocenters. The Morgan fingerprint density at radius 2 is 1.80 bits per heavy atom. The van der Waals surface area contributed by atoms with Gasteiger partial charge in [0, 0.05) is 17.8 Å². The lowest BCUT2D eigenvalue weighted by molar-refractivity contribution is -0.0309. The number of hydrogen-bond donors (Lipinski definition) is 1. The average molecular weight is 400 g/mol. The average Bonchev–Trinajstić information content (AvgIpc) is 3.14. The van der Waals surface area contributed by atoms with Crippen LogP contribution in [0.25, 0.3) is 28.0 Å². The minimum atomic E-state index is -0.947. The maximum absolute atomic E-state index is 12.7. The highest BCUT2D eigenvalue weighted by atomic mass is 16.3. The number of pyridine rings is 1. The molecule has 3 heterocycles. The molecule has 6 heteroatoms. The van der Waals surface area contributed by atoms with Crippen molar-refractivity contribution in [1.82, 2.24) is 19.4 Å². The molecule has 1 aromatic carbocycles. The first-order valence-electron chi connectivity index (χ1n) is 10.4. The van der Waals surface area contributed by atoms with Crippen LogP contribution in [0, 0.1) is 0 Å². The third-order valence-corrected chi connectivity index (χ3v) is 6.09. The molecule has 152 valence electrons. The van der Waals surface area contributed by atoms with E-state index in [-0.39, 0.29) is 11.6 Å². The van der Waals surface area contributed by atoms with E-state index in [4.69, 9.17) is 10.2 Å². The van der Waals surface area contributed by atoms with E-state index in [1.165, 1.54) is 4.68 Å². The molecule has 3 aromatic heterocycles. The smallest absolute Gasteiger partial charge is 0.267 e. The summed E-state index contributed by atoms with van der Waals surface area (Å²) in [6, 6.07) is 18.9. The zero-order valence-corrected chi connectivity index (χ0v) is 16.9. The molecule has 6 nitrogen and oxygen atoms in total. The summed E-state index contributed by atoms with van der Waals surface area (Å²) >= 11 is 0. The van der Waals surface area contributed by atoms with Crippen molar-refractivity contribution in [3.05, 3.63) is 77.2 Å². The van der Waals surface area contributed by atoms with Gasteiger partial charge in [-0.1, -0.05) is 49.2 Å². The van der Waals surface area contributed by atoms with E-state index in [0.717, 1.165) is 41.6 Å². The number of fused-ring (bicyclic) bond motifs is 1. The molecule has 0 radical (unpaired) electrons. The third-order valence-electron chi connectivity index (χ3n) is 6.09. The summed E-state index contributed by atoms with van der Waals surface area (Å²) in [6.07, 6.45) is 5.26. The van der Waals surface area contributed by atoms with Crippen LogP contribution < -0.4 is 5.56 Å². The third kappa shape index (κ3) is 3.13. The van der Waals surface area contributed by atoms with Gasteiger partial charge in [0.15, 0.2) is 0 Å². The molecule has 1 aliphatic rings. The maximum atomic E-state index is 12.7. The molecule has 0 amide bonds. The fourth-order valence-electron chi connectivity index (χ4n) is 4.52. The molecule has 1 saturated carbocycles. The molecule has 0 bridgehead atoms. The van der Waals surface area contributed by atoms with Gasteiger partial charge in [-0.3, -0.25) is 4.79 Å². The van der Waals surface area contributed by atoms with Gasteiger partial charge in [-0.25, -0.2) is 9.20 Å². The molecule has 0 aliphatic heterocycles. The number of benzene rings is 1. The van der Waals surface area contributed by atoms with Crippen molar-refractivity contribution in [1.29, 1.82) is 0 Å². The van der Waals surface area contributed by atoms with E-state index >= 15 is 0 Å². The van der Waals surface area contributed by atoms with Crippen LogP contribution in [0.4, 0.5) is 0 Å². The second-order valence-electron chi connectivity index (χ2n) is 8.24. The van der Waals surface area contributed by atoms with Crippen molar-refractivity contribution in [2.45, 2.75) is 44.2 Å². The lowest BCUT2D eigenvalue weighted by Crippen LogP contribution is -2.44. The largest absolute Gasteiger partial charge is 0.388 e. The lowest BCUT2D eigenvalue weighted by atomic mass is 9.82. The SMILES string of the molecule is C[C@@]1(O)CCCC[C@H]1n1nc(-c2c(-c3ccccc3)nn3ccccc23)ccc1=O. The van der Waals surface area contributed by atoms with Crippen LogP contribution in [-0.4, -0.2) is 30.1 Å². The van der Waals surface area contributed by atoms with Crippen molar-refractivity contribution in [2.75, 3.05) is 0 Å². The molecule has 0 saturated heterocycles. The fraction of sp³-hybridized carbons (Fsp3) is 0.292. The van der Waals surface area contributed by atoms with E-state index in [9.17, 15) is 9.90 Å². The van der Waals surface area contributed by atoms with E-state index in [1.54, 1.807) is 12.1 Å².